The van der Waals surface area contributed by atoms with Gasteiger partial charge >= 0.3 is 0 Å². The third kappa shape index (κ3) is 4.67. The van der Waals surface area contributed by atoms with Crippen molar-refractivity contribution >= 4 is 56.5 Å². The van der Waals surface area contributed by atoms with E-state index in [1.807, 2.05) is 19.9 Å². The van der Waals surface area contributed by atoms with Gasteiger partial charge in [0.1, 0.15) is 11.1 Å². The maximum atomic E-state index is 11.5. The summed E-state index contributed by atoms with van der Waals surface area (Å²) in [4.78, 5) is 17.7. The second kappa shape index (κ2) is 10.5. The minimum atomic E-state index is -0.634. The van der Waals surface area contributed by atoms with Crippen LogP contribution in [0.5, 0.6) is 0 Å². The minimum absolute atomic E-state index is 0.272. The highest BCUT2D eigenvalue weighted by Gasteiger charge is 2.33. The molecule has 0 radical (unpaired) electrons. The van der Waals surface area contributed by atoms with E-state index in [1.54, 1.807) is 0 Å². The predicted molar refractivity (Wildman–Crippen MR) is 190 cm³/mol. The maximum absolute atomic E-state index is 11.5. The number of nitrogens with one attached hydrogen (secondary N) is 2. The van der Waals surface area contributed by atoms with Crippen molar-refractivity contribution in [1.82, 2.24) is 19.9 Å². The summed E-state index contributed by atoms with van der Waals surface area (Å²) in [7, 11) is 0. The van der Waals surface area contributed by atoms with Crippen LogP contribution < -0.4 is 10.7 Å². The molecule has 2 aliphatic rings. The molecule has 2 aliphatic heterocycles. The lowest BCUT2D eigenvalue weighted by Crippen LogP contribution is -2.19. The van der Waals surface area contributed by atoms with Crippen LogP contribution in [-0.2, 0) is 11.8 Å². The van der Waals surface area contributed by atoms with Crippen LogP contribution in [0.4, 0.5) is 0 Å². The predicted octanol–water partition coefficient (Wildman–Crippen LogP) is 8.15. The Kier molecular flexibility index (Phi) is 6.81. The van der Waals surface area contributed by atoms with Crippen molar-refractivity contribution < 1.29 is 5.11 Å². The molecular weight excluding hydrogens is 655 g/mol. The van der Waals surface area contributed by atoms with Crippen molar-refractivity contribution in [2.75, 3.05) is 0 Å². The largest absolute Gasteiger partial charge is 0.509 e. The van der Waals surface area contributed by atoms with Gasteiger partial charge in [-0.3, -0.25) is 4.98 Å². The van der Waals surface area contributed by atoms with Crippen LogP contribution in [0.15, 0.2) is 66.7 Å². The van der Waals surface area contributed by atoms with Gasteiger partial charge in [-0.05, 0) is 117 Å². The van der Waals surface area contributed by atoms with Gasteiger partial charge < -0.3 is 15.1 Å². The second-order valence-corrected chi connectivity index (χ2v) is 13.7. The van der Waals surface area contributed by atoms with Crippen molar-refractivity contribution in [3.8, 4) is 22.3 Å². The Labute approximate surface area is 270 Å². The highest BCUT2D eigenvalue weighted by Crippen LogP contribution is 2.34. The maximum Gasteiger partial charge on any atom is 0.131 e. The summed E-state index contributed by atoms with van der Waals surface area (Å²) in [5.74, 6) is 0.272. The molecule has 5 nitrogen and oxygen atoms in total. The van der Waals surface area contributed by atoms with Crippen LogP contribution in [0.1, 0.15) is 47.5 Å². The molecule has 0 amide bonds. The molecule has 3 aromatic heterocycles. The number of fused-ring (bicyclic) bond motifs is 8. The number of halogens is 1. The highest BCUT2D eigenvalue weighted by atomic mass is 127. The second-order valence-electron chi connectivity index (χ2n) is 12.6. The molecular formula is C38H35IN4O. The van der Waals surface area contributed by atoms with E-state index in [2.05, 4.69) is 127 Å². The van der Waals surface area contributed by atoms with Gasteiger partial charge in [0.25, 0.3) is 0 Å². The Balaban J connectivity index is 1.71. The molecule has 44 heavy (non-hydrogen) atoms. The number of aliphatic hydroxyl groups excluding tert-OH is 1. The summed E-state index contributed by atoms with van der Waals surface area (Å²) in [5, 5.41) is 13.0. The first kappa shape index (κ1) is 28.6. The molecule has 0 fully saturated rings. The Morgan fingerprint density at radius 1 is 0.727 bits per heavy atom. The zero-order chi connectivity index (χ0) is 30.9. The standard InChI is InChI=1S/C38H35IN4O/c1-20-7-9-24(10-8-20)33-26-12-11-25(40-26)19-31-38(5,6)37(44)36(43-31)35(39)30-16-15-29(42-30)34(28-14-13-27(33)41-28)32-22(3)17-21(2)18-23(32)4/h7-12,14-19,40,42,44H,13H2,1-6H3. The fourth-order valence-electron chi connectivity index (χ4n) is 6.60. The van der Waals surface area contributed by atoms with Crippen LogP contribution in [0.2, 0.25) is 0 Å². The van der Waals surface area contributed by atoms with Crippen LogP contribution in [0.25, 0.3) is 56.2 Å². The topological polar surface area (TPSA) is 77.6 Å². The van der Waals surface area contributed by atoms with E-state index in [1.165, 1.54) is 27.8 Å². The fourth-order valence-corrected chi connectivity index (χ4v) is 7.29. The molecule has 7 rings (SSSR count). The Bertz CT molecular complexity index is 2270. The molecule has 5 aromatic rings. The fraction of sp³-hybridized carbons (Fsp3) is 0.211. The zero-order valence-corrected chi connectivity index (χ0v) is 28.0. The average molecular weight is 691 g/mol. The molecule has 6 heteroatoms. The SMILES string of the molecule is Cc1ccc(-c2c3nc(c(-c4c(C)cc(C)cc4C)c4ccc([nH]4)c(I)c4nc(cc5ccc2[nH]5)C(C)(C)C=4O)=CC3)cc1. The number of hydrogen-bond donors (Lipinski definition) is 3. The summed E-state index contributed by atoms with van der Waals surface area (Å²) in [6.07, 6.45) is 2.98. The lowest BCUT2D eigenvalue weighted by atomic mass is 9.88. The van der Waals surface area contributed by atoms with Crippen molar-refractivity contribution in [2.45, 2.75) is 53.4 Å². The Morgan fingerprint density at radius 3 is 2.11 bits per heavy atom. The van der Waals surface area contributed by atoms with Crippen LogP contribution in [-0.4, -0.2) is 25.0 Å². The third-order valence-electron chi connectivity index (χ3n) is 8.91. The van der Waals surface area contributed by atoms with Gasteiger partial charge in [0.05, 0.1) is 31.2 Å². The highest BCUT2D eigenvalue weighted by molar-refractivity contribution is 14.1. The number of aromatic nitrogens is 4. The first-order valence-corrected chi connectivity index (χ1v) is 16.1. The van der Waals surface area contributed by atoms with Crippen molar-refractivity contribution in [3.05, 3.63) is 115 Å². The van der Waals surface area contributed by atoms with Gasteiger partial charge in [-0.1, -0.05) is 53.6 Å². The molecule has 0 aliphatic carbocycles. The number of benzene rings is 2. The van der Waals surface area contributed by atoms with Crippen molar-refractivity contribution in [2.24, 2.45) is 0 Å². The van der Waals surface area contributed by atoms with E-state index < -0.39 is 5.41 Å². The summed E-state index contributed by atoms with van der Waals surface area (Å²) in [5.41, 5.74) is 14.4. The normalized spacial score (nSPS) is 14.1. The van der Waals surface area contributed by atoms with Gasteiger partial charge in [0, 0.05) is 34.1 Å². The van der Waals surface area contributed by atoms with Gasteiger partial charge in [-0.2, -0.15) is 0 Å². The molecule has 3 N–H and O–H groups in total. The van der Waals surface area contributed by atoms with Gasteiger partial charge in [-0.25, -0.2) is 4.98 Å². The van der Waals surface area contributed by atoms with Gasteiger partial charge in [0.2, 0.25) is 0 Å². The Morgan fingerprint density at radius 2 is 1.39 bits per heavy atom. The third-order valence-corrected chi connectivity index (χ3v) is 10.0. The summed E-state index contributed by atoms with van der Waals surface area (Å²) in [6, 6.07) is 23.6. The van der Waals surface area contributed by atoms with Crippen LogP contribution >= 0.6 is 22.6 Å². The number of aliphatic hydroxyl groups is 1. The smallest absolute Gasteiger partial charge is 0.131 e. The summed E-state index contributed by atoms with van der Waals surface area (Å²) >= 11 is 2.31. The molecule has 0 unspecified atom stereocenters. The van der Waals surface area contributed by atoms with E-state index in [0.717, 1.165) is 65.5 Å². The van der Waals surface area contributed by atoms with E-state index >= 15 is 0 Å². The van der Waals surface area contributed by atoms with E-state index in [0.29, 0.717) is 5.35 Å². The number of aryl methyl sites for hydroxylation is 4. The van der Waals surface area contributed by atoms with Crippen molar-refractivity contribution in [3.63, 3.8) is 0 Å². The quantitative estimate of drug-likeness (QED) is 0.164. The van der Waals surface area contributed by atoms with Gasteiger partial charge in [-0.15, -0.1) is 0 Å². The number of nitrogens with zero attached hydrogens (tertiary/aromatic N) is 2. The first-order chi connectivity index (χ1) is 21.0. The minimum Gasteiger partial charge on any atom is -0.509 e. The molecule has 0 atom stereocenters. The molecule has 0 saturated carbocycles. The van der Waals surface area contributed by atoms with Crippen LogP contribution in [0.3, 0.4) is 0 Å². The Hall–Kier alpha value is -4.17. The molecule has 8 bridgehead atoms. The molecule has 0 spiro atoms. The van der Waals surface area contributed by atoms with E-state index in [-0.39, 0.29) is 5.76 Å². The molecule has 220 valence electrons. The number of H-pyrrole nitrogens is 2. The van der Waals surface area contributed by atoms with E-state index in [4.69, 9.17) is 9.97 Å². The number of aromatic amines is 2. The lowest BCUT2D eigenvalue weighted by Gasteiger charge is -2.17. The lowest BCUT2D eigenvalue weighted by molar-refractivity contribution is 0.422. The van der Waals surface area contributed by atoms with Crippen molar-refractivity contribution in [1.29, 1.82) is 0 Å². The average Bonchev–Trinajstić information content (AvgIpc) is 3.77. The molecule has 2 aromatic carbocycles. The number of hydrogen-bond acceptors (Lipinski definition) is 3. The summed E-state index contributed by atoms with van der Waals surface area (Å²) < 4.78 is 0.873. The molecule has 5 heterocycles. The summed E-state index contributed by atoms with van der Waals surface area (Å²) in [6.45, 7) is 12.7. The zero-order valence-electron chi connectivity index (χ0n) is 25.9. The first-order valence-electron chi connectivity index (χ1n) is 15.0. The molecule has 0 saturated heterocycles. The number of rotatable bonds is 2. The van der Waals surface area contributed by atoms with E-state index in [9.17, 15) is 5.11 Å². The monoisotopic (exact) mass is 690 g/mol. The van der Waals surface area contributed by atoms with Gasteiger partial charge in [0.15, 0.2) is 0 Å². The van der Waals surface area contributed by atoms with Crippen LogP contribution in [0, 0.1) is 31.3 Å².